The molecule has 1 aliphatic carbocycles. The van der Waals surface area contributed by atoms with Gasteiger partial charge in [-0.3, -0.25) is 0 Å². The molecular weight excluding hydrogens is 162 g/mol. The van der Waals surface area contributed by atoms with Crippen molar-refractivity contribution in [2.75, 3.05) is 20.2 Å². The number of nitrogens with one attached hydrogen (secondary N) is 1. The second-order valence-corrected chi connectivity index (χ2v) is 3.55. The quantitative estimate of drug-likeness (QED) is 0.650. The van der Waals surface area contributed by atoms with Crippen molar-refractivity contribution in [1.29, 1.82) is 0 Å². The van der Waals surface area contributed by atoms with E-state index in [1.54, 1.807) is 0 Å². The van der Waals surface area contributed by atoms with Crippen LogP contribution in [0.5, 0.6) is 0 Å². The van der Waals surface area contributed by atoms with E-state index in [2.05, 4.69) is 5.32 Å². The Morgan fingerprint density at radius 2 is 2.27 bits per heavy atom. The molecular formula is C8H16ClNO. The molecule has 1 heterocycles. The summed E-state index contributed by atoms with van der Waals surface area (Å²) in [5.41, 5.74) is 0.550. The molecule has 3 heteroatoms. The highest BCUT2D eigenvalue weighted by atomic mass is 35.5. The molecule has 1 spiro atoms. The maximum Gasteiger partial charge on any atom is 0.0640 e. The fraction of sp³-hybridized carbons (Fsp3) is 1.00. The highest BCUT2D eigenvalue weighted by Gasteiger charge is 2.48. The summed E-state index contributed by atoms with van der Waals surface area (Å²) in [5.74, 6) is 0. The molecule has 1 saturated carbocycles. The lowest BCUT2D eigenvalue weighted by molar-refractivity contribution is -0.0788. The van der Waals surface area contributed by atoms with Crippen molar-refractivity contribution >= 4 is 12.4 Å². The number of methoxy groups -OCH3 is 1. The first-order chi connectivity index (χ1) is 4.87. The summed E-state index contributed by atoms with van der Waals surface area (Å²) in [6.45, 7) is 2.38. The maximum atomic E-state index is 5.38. The Hall–Kier alpha value is 0.210. The smallest absolute Gasteiger partial charge is 0.0640 e. The van der Waals surface area contributed by atoms with Crippen LogP contribution in [0.3, 0.4) is 0 Å². The Morgan fingerprint density at radius 3 is 2.64 bits per heavy atom. The van der Waals surface area contributed by atoms with Crippen LogP contribution in [0.2, 0.25) is 0 Å². The SMILES string of the molecule is COC1CCC12CCNC2.Cl. The number of rotatable bonds is 1. The predicted octanol–water partition coefficient (Wildman–Crippen LogP) is 1.20. The lowest BCUT2D eigenvalue weighted by Crippen LogP contribution is -2.47. The minimum absolute atomic E-state index is 0. The molecule has 1 N–H and O–H groups in total. The molecule has 66 valence electrons. The molecule has 2 nitrogen and oxygen atoms in total. The molecule has 0 bridgehead atoms. The van der Waals surface area contributed by atoms with Crippen LogP contribution in [-0.2, 0) is 4.74 Å². The van der Waals surface area contributed by atoms with Gasteiger partial charge in [0.2, 0.25) is 0 Å². The van der Waals surface area contributed by atoms with E-state index in [1.807, 2.05) is 7.11 Å². The zero-order chi connectivity index (χ0) is 7.03. The predicted molar refractivity (Wildman–Crippen MR) is 47.2 cm³/mol. The highest BCUT2D eigenvalue weighted by Crippen LogP contribution is 2.47. The Balaban J connectivity index is 0.000000605. The summed E-state index contributed by atoms with van der Waals surface area (Å²) >= 11 is 0. The second kappa shape index (κ2) is 3.30. The van der Waals surface area contributed by atoms with Gasteiger partial charge in [0, 0.05) is 19.1 Å². The van der Waals surface area contributed by atoms with E-state index in [4.69, 9.17) is 4.74 Å². The molecule has 1 aliphatic heterocycles. The first kappa shape index (κ1) is 9.30. The minimum atomic E-state index is 0. The maximum absolute atomic E-state index is 5.38. The van der Waals surface area contributed by atoms with Crippen LogP contribution in [0.15, 0.2) is 0 Å². The van der Waals surface area contributed by atoms with Crippen molar-refractivity contribution in [1.82, 2.24) is 5.32 Å². The van der Waals surface area contributed by atoms with Gasteiger partial charge in [-0.05, 0) is 25.8 Å². The van der Waals surface area contributed by atoms with Crippen molar-refractivity contribution in [3.63, 3.8) is 0 Å². The fourth-order valence-electron chi connectivity index (χ4n) is 2.29. The molecule has 0 aromatic carbocycles. The summed E-state index contributed by atoms with van der Waals surface area (Å²) in [7, 11) is 1.84. The van der Waals surface area contributed by atoms with Crippen LogP contribution < -0.4 is 5.32 Å². The topological polar surface area (TPSA) is 21.3 Å². The number of ether oxygens (including phenoxy) is 1. The molecule has 11 heavy (non-hydrogen) atoms. The minimum Gasteiger partial charge on any atom is -0.381 e. The average Bonchev–Trinajstić information content (AvgIpc) is 2.35. The summed E-state index contributed by atoms with van der Waals surface area (Å²) in [6.07, 6.45) is 4.53. The monoisotopic (exact) mass is 177 g/mol. The standard InChI is InChI=1S/C8H15NO.ClH/c1-10-7-2-3-8(7)4-5-9-6-8;/h7,9H,2-6H2,1H3;1H. The van der Waals surface area contributed by atoms with E-state index in [-0.39, 0.29) is 12.4 Å². The van der Waals surface area contributed by atoms with Crippen molar-refractivity contribution in [2.45, 2.75) is 25.4 Å². The highest BCUT2D eigenvalue weighted by molar-refractivity contribution is 5.85. The Kier molecular flexibility index (Phi) is 2.79. The van der Waals surface area contributed by atoms with Gasteiger partial charge < -0.3 is 10.1 Å². The van der Waals surface area contributed by atoms with Gasteiger partial charge in [0.15, 0.2) is 0 Å². The van der Waals surface area contributed by atoms with E-state index >= 15 is 0 Å². The second-order valence-electron chi connectivity index (χ2n) is 3.55. The molecule has 0 aromatic rings. The van der Waals surface area contributed by atoms with E-state index in [1.165, 1.54) is 32.4 Å². The lowest BCUT2D eigenvalue weighted by atomic mass is 9.65. The Labute approximate surface area is 74.1 Å². The van der Waals surface area contributed by atoms with Crippen molar-refractivity contribution in [2.24, 2.45) is 5.41 Å². The normalized spacial score (nSPS) is 41.7. The zero-order valence-electron chi connectivity index (χ0n) is 6.93. The third kappa shape index (κ3) is 1.28. The third-order valence-electron chi connectivity index (χ3n) is 3.15. The van der Waals surface area contributed by atoms with Gasteiger partial charge in [-0.15, -0.1) is 12.4 Å². The number of hydrogen-bond donors (Lipinski definition) is 1. The van der Waals surface area contributed by atoms with Crippen LogP contribution in [0.1, 0.15) is 19.3 Å². The van der Waals surface area contributed by atoms with E-state index in [9.17, 15) is 0 Å². The van der Waals surface area contributed by atoms with E-state index < -0.39 is 0 Å². The Bertz CT molecular complexity index is 132. The largest absolute Gasteiger partial charge is 0.381 e. The van der Waals surface area contributed by atoms with Crippen molar-refractivity contribution in [3.05, 3.63) is 0 Å². The van der Waals surface area contributed by atoms with Gasteiger partial charge in [0.1, 0.15) is 0 Å². The van der Waals surface area contributed by atoms with Gasteiger partial charge in [-0.2, -0.15) is 0 Å². The van der Waals surface area contributed by atoms with Crippen LogP contribution in [0, 0.1) is 5.41 Å². The Morgan fingerprint density at radius 1 is 1.45 bits per heavy atom. The van der Waals surface area contributed by atoms with Gasteiger partial charge in [-0.1, -0.05) is 0 Å². The molecule has 1 saturated heterocycles. The molecule has 2 unspecified atom stereocenters. The average molecular weight is 178 g/mol. The van der Waals surface area contributed by atoms with Crippen molar-refractivity contribution in [3.8, 4) is 0 Å². The van der Waals surface area contributed by atoms with Crippen LogP contribution in [0.4, 0.5) is 0 Å². The summed E-state index contributed by atoms with van der Waals surface area (Å²) in [5, 5.41) is 3.40. The fourth-order valence-corrected chi connectivity index (χ4v) is 2.29. The first-order valence-corrected chi connectivity index (χ1v) is 4.11. The lowest BCUT2D eigenvalue weighted by Gasteiger charge is -2.45. The summed E-state index contributed by atoms with van der Waals surface area (Å²) in [6, 6.07) is 0. The van der Waals surface area contributed by atoms with Crippen molar-refractivity contribution < 1.29 is 4.74 Å². The van der Waals surface area contributed by atoms with Crippen LogP contribution in [-0.4, -0.2) is 26.3 Å². The van der Waals surface area contributed by atoms with Gasteiger partial charge in [0.05, 0.1) is 6.10 Å². The molecule has 0 aromatic heterocycles. The first-order valence-electron chi connectivity index (χ1n) is 4.11. The molecule has 0 radical (unpaired) electrons. The molecule has 2 rings (SSSR count). The van der Waals surface area contributed by atoms with E-state index in [0.29, 0.717) is 11.5 Å². The van der Waals surface area contributed by atoms with E-state index in [0.717, 1.165) is 0 Å². The van der Waals surface area contributed by atoms with Crippen LogP contribution in [0.25, 0.3) is 0 Å². The third-order valence-corrected chi connectivity index (χ3v) is 3.15. The summed E-state index contributed by atoms with van der Waals surface area (Å²) < 4.78 is 5.38. The van der Waals surface area contributed by atoms with Crippen LogP contribution >= 0.6 is 12.4 Å². The van der Waals surface area contributed by atoms with Gasteiger partial charge in [-0.25, -0.2) is 0 Å². The molecule has 0 amide bonds. The van der Waals surface area contributed by atoms with Gasteiger partial charge >= 0.3 is 0 Å². The molecule has 2 atom stereocenters. The summed E-state index contributed by atoms with van der Waals surface area (Å²) in [4.78, 5) is 0. The molecule has 2 fully saturated rings. The van der Waals surface area contributed by atoms with Gasteiger partial charge in [0.25, 0.3) is 0 Å². The number of halogens is 1. The molecule has 2 aliphatic rings. The number of hydrogen-bond acceptors (Lipinski definition) is 2. The zero-order valence-corrected chi connectivity index (χ0v) is 7.75.